The van der Waals surface area contributed by atoms with Crippen LogP contribution < -0.4 is 5.56 Å². The summed E-state index contributed by atoms with van der Waals surface area (Å²) in [7, 11) is 0. The second-order valence-electron chi connectivity index (χ2n) is 7.25. The van der Waals surface area contributed by atoms with Crippen LogP contribution in [0.3, 0.4) is 0 Å². The molecule has 0 aromatic carbocycles. The van der Waals surface area contributed by atoms with Gasteiger partial charge in [0, 0.05) is 18.6 Å². The average molecular weight is 427 g/mol. The van der Waals surface area contributed by atoms with Gasteiger partial charge in [0.1, 0.15) is 11.2 Å². The third-order valence-electron chi connectivity index (χ3n) is 5.15. The minimum Gasteiger partial charge on any atom is -0.310 e. The van der Waals surface area contributed by atoms with E-state index in [1.54, 1.807) is 21.8 Å². The van der Waals surface area contributed by atoms with E-state index >= 15 is 0 Å². The monoisotopic (exact) mass is 427 g/mol. The Morgan fingerprint density at radius 3 is 2.58 bits per heavy atom. The third-order valence-corrected chi connectivity index (χ3v) is 5.15. The fourth-order valence-corrected chi connectivity index (χ4v) is 3.69. The number of halogens is 2. The van der Waals surface area contributed by atoms with E-state index in [1.165, 1.54) is 6.20 Å². The highest BCUT2D eigenvalue weighted by molar-refractivity contribution is 5.73. The minimum absolute atomic E-state index is 0.222. The molecule has 10 heteroatoms. The SMILES string of the molecule is O=c1[nH]c(Cc2ncccc2-n2cccn2)nc2c1cnn2C(CCCF)CCCF. The zero-order chi connectivity index (χ0) is 21.6. The van der Waals surface area contributed by atoms with Gasteiger partial charge >= 0.3 is 0 Å². The Labute approximate surface area is 177 Å². The van der Waals surface area contributed by atoms with Gasteiger partial charge in [0.25, 0.3) is 5.56 Å². The van der Waals surface area contributed by atoms with Gasteiger partial charge in [0.15, 0.2) is 5.65 Å². The molecule has 0 spiro atoms. The summed E-state index contributed by atoms with van der Waals surface area (Å²) < 4.78 is 28.9. The van der Waals surface area contributed by atoms with Gasteiger partial charge < -0.3 is 4.98 Å². The van der Waals surface area contributed by atoms with Crippen LogP contribution in [-0.2, 0) is 6.42 Å². The summed E-state index contributed by atoms with van der Waals surface area (Å²) in [5.41, 5.74) is 1.59. The fourth-order valence-electron chi connectivity index (χ4n) is 3.69. The molecule has 0 saturated carbocycles. The van der Waals surface area contributed by atoms with Crippen LogP contribution >= 0.6 is 0 Å². The van der Waals surface area contributed by atoms with Crippen LogP contribution in [0.5, 0.6) is 0 Å². The van der Waals surface area contributed by atoms with Gasteiger partial charge in [0.05, 0.1) is 43.4 Å². The Morgan fingerprint density at radius 1 is 1.06 bits per heavy atom. The topological polar surface area (TPSA) is 94.3 Å². The Kier molecular flexibility index (Phi) is 6.44. The second-order valence-corrected chi connectivity index (χ2v) is 7.25. The molecule has 31 heavy (non-hydrogen) atoms. The molecule has 1 N–H and O–H groups in total. The highest BCUT2D eigenvalue weighted by Crippen LogP contribution is 2.23. The molecular weight excluding hydrogens is 404 g/mol. The van der Waals surface area contributed by atoms with Crippen LogP contribution in [0.1, 0.15) is 43.2 Å². The molecule has 0 amide bonds. The van der Waals surface area contributed by atoms with Gasteiger partial charge in [-0.15, -0.1) is 0 Å². The Balaban J connectivity index is 1.71. The van der Waals surface area contributed by atoms with E-state index in [0.29, 0.717) is 48.2 Å². The molecule has 0 radical (unpaired) electrons. The van der Waals surface area contributed by atoms with E-state index in [0.717, 1.165) is 5.69 Å². The summed E-state index contributed by atoms with van der Waals surface area (Å²) in [5, 5.41) is 8.93. The van der Waals surface area contributed by atoms with Gasteiger partial charge in [-0.25, -0.2) is 14.3 Å². The molecule has 0 bridgehead atoms. The van der Waals surface area contributed by atoms with E-state index in [2.05, 4.69) is 25.1 Å². The summed E-state index contributed by atoms with van der Waals surface area (Å²) in [4.78, 5) is 24.5. The van der Waals surface area contributed by atoms with Gasteiger partial charge in [0.2, 0.25) is 0 Å². The van der Waals surface area contributed by atoms with Crippen LogP contribution in [0.2, 0.25) is 0 Å². The molecule has 8 nitrogen and oxygen atoms in total. The first-order chi connectivity index (χ1) is 15.2. The van der Waals surface area contributed by atoms with Crippen LogP contribution in [0.4, 0.5) is 8.78 Å². The van der Waals surface area contributed by atoms with E-state index in [1.807, 2.05) is 24.4 Å². The van der Waals surface area contributed by atoms with Crippen LogP contribution in [0, 0.1) is 0 Å². The van der Waals surface area contributed by atoms with E-state index < -0.39 is 13.3 Å². The standard InChI is InChI=1S/C21H23F2N7O/c22-8-1-5-15(6-2-9-23)30-20-16(14-26-30)21(31)28-19(27-20)13-17-18(7-3-10-24-17)29-12-4-11-25-29/h3-4,7,10-12,14-15H,1-2,5-6,8-9,13H2,(H,27,28,31). The predicted molar refractivity (Wildman–Crippen MR) is 112 cm³/mol. The predicted octanol–water partition coefficient (Wildman–Crippen LogP) is 3.33. The molecule has 0 aliphatic carbocycles. The van der Waals surface area contributed by atoms with E-state index in [-0.39, 0.29) is 18.0 Å². The van der Waals surface area contributed by atoms with Crippen molar-refractivity contribution in [2.75, 3.05) is 13.3 Å². The number of aromatic nitrogens is 7. The Bertz CT molecular complexity index is 1180. The smallest absolute Gasteiger partial charge is 0.262 e. The highest BCUT2D eigenvalue weighted by atomic mass is 19.1. The molecule has 4 heterocycles. The molecule has 0 atom stereocenters. The molecule has 4 aromatic rings. The lowest BCUT2D eigenvalue weighted by Crippen LogP contribution is -2.17. The average Bonchev–Trinajstić information content (AvgIpc) is 3.45. The zero-order valence-electron chi connectivity index (χ0n) is 16.9. The van der Waals surface area contributed by atoms with Gasteiger partial charge in [-0.2, -0.15) is 10.2 Å². The Morgan fingerprint density at radius 2 is 1.87 bits per heavy atom. The number of nitrogens with one attached hydrogen (secondary N) is 1. The van der Waals surface area contributed by atoms with Crippen molar-refractivity contribution >= 4 is 11.0 Å². The number of alkyl halides is 2. The quantitative estimate of drug-likeness (QED) is 0.419. The van der Waals surface area contributed by atoms with Crippen molar-refractivity contribution in [1.82, 2.24) is 34.5 Å². The normalized spacial score (nSPS) is 11.6. The van der Waals surface area contributed by atoms with Crippen LogP contribution in [0.25, 0.3) is 16.7 Å². The molecule has 4 rings (SSSR count). The van der Waals surface area contributed by atoms with Crippen molar-refractivity contribution in [3.8, 4) is 5.69 Å². The first-order valence-corrected chi connectivity index (χ1v) is 10.2. The molecule has 0 saturated heterocycles. The largest absolute Gasteiger partial charge is 0.310 e. The summed E-state index contributed by atoms with van der Waals surface area (Å²) in [6, 6.07) is 5.30. The van der Waals surface area contributed by atoms with Crippen molar-refractivity contribution in [3.05, 3.63) is 64.9 Å². The van der Waals surface area contributed by atoms with E-state index in [9.17, 15) is 13.6 Å². The van der Waals surface area contributed by atoms with Crippen molar-refractivity contribution in [2.45, 2.75) is 38.1 Å². The number of hydrogen-bond acceptors (Lipinski definition) is 5. The number of hydrogen-bond donors (Lipinski definition) is 1. The summed E-state index contributed by atoms with van der Waals surface area (Å²) in [6.07, 6.45) is 8.59. The number of fused-ring (bicyclic) bond motifs is 1. The maximum atomic E-state index is 12.8. The van der Waals surface area contributed by atoms with Gasteiger partial charge in [-0.1, -0.05) is 0 Å². The first kappa shape index (κ1) is 20.8. The lowest BCUT2D eigenvalue weighted by Gasteiger charge is -2.17. The van der Waals surface area contributed by atoms with Crippen molar-refractivity contribution in [1.29, 1.82) is 0 Å². The van der Waals surface area contributed by atoms with Gasteiger partial charge in [-0.05, 0) is 43.9 Å². The maximum absolute atomic E-state index is 12.8. The lowest BCUT2D eigenvalue weighted by molar-refractivity contribution is 0.340. The van der Waals surface area contributed by atoms with Crippen LogP contribution in [0.15, 0.2) is 47.8 Å². The zero-order valence-corrected chi connectivity index (χ0v) is 16.9. The lowest BCUT2D eigenvalue weighted by atomic mass is 10.1. The molecule has 0 fully saturated rings. The molecule has 0 aliphatic heterocycles. The maximum Gasteiger partial charge on any atom is 0.262 e. The number of nitrogens with zero attached hydrogens (tertiary/aromatic N) is 6. The number of aromatic amines is 1. The molecule has 0 unspecified atom stereocenters. The van der Waals surface area contributed by atoms with E-state index in [4.69, 9.17) is 0 Å². The highest BCUT2D eigenvalue weighted by Gasteiger charge is 2.19. The summed E-state index contributed by atoms with van der Waals surface area (Å²) in [5.74, 6) is 0.432. The molecule has 162 valence electrons. The summed E-state index contributed by atoms with van der Waals surface area (Å²) >= 11 is 0. The minimum atomic E-state index is -0.458. The number of H-pyrrole nitrogens is 1. The van der Waals surface area contributed by atoms with Crippen LogP contribution in [-0.4, -0.2) is 47.9 Å². The Hall–Kier alpha value is -3.43. The fraction of sp³-hybridized carbons (Fsp3) is 0.381. The molecule has 0 aliphatic rings. The second kappa shape index (κ2) is 9.59. The molecule has 4 aromatic heterocycles. The number of pyridine rings is 1. The third kappa shape index (κ3) is 4.52. The van der Waals surface area contributed by atoms with Crippen molar-refractivity contribution in [3.63, 3.8) is 0 Å². The van der Waals surface area contributed by atoms with Gasteiger partial charge in [-0.3, -0.25) is 18.6 Å². The first-order valence-electron chi connectivity index (χ1n) is 10.2. The van der Waals surface area contributed by atoms with Crippen molar-refractivity contribution < 1.29 is 8.78 Å². The summed E-state index contributed by atoms with van der Waals surface area (Å²) in [6.45, 7) is -0.916. The van der Waals surface area contributed by atoms with Crippen molar-refractivity contribution in [2.24, 2.45) is 0 Å². The molecular formula is C21H23F2N7O. The number of rotatable bonds is 10.